The molecule has 0 aliphatic heterocycles. The Labute approximate surface area is 159 Å². The summed E-state index contributed by atoms with van der Waals surface area (Å²) in [4.78, 5) is 7.96. The lowest BCUT2D eigenvalue weighted by atomic mass is 9.99. The molecule has 11 heteroatoms. The molecule has 0 radical (unpaired) electrons. The van der Waals surface area contributed by atoms with Gasteiger partial charge in [-0.15, -0.1) is 0 Å². The third-order valence-corrected chi connectivity index (χ3v) is 4.89. The average Bonchev–Trinajstić information content (AvgIpc) is 3.37. The molecular formula is C18H11F6N5. The molecule has 0 N–H and O–H groups in total. The van der Waals surface area contributed by atoms with E-state index in [4.69, 9.17) is 0 Å². The van der Waals surface area contributed by atoms with Crippen LogP contribution in [-0.4, -0.2) is 31.8 Å². The van der Waals surface area contributed by atoms with Crippen molar-refractivity contribution in [2.75, 3.05) is 0 Å². The van der Waals surface area contributed by atoms with Crippen molar-refractivity contribution in [1.29, 1.82) is 5.26 Å². The van der Waals surface area contributed by atoms with Crippen LogP contribution < -0.4 is 0 Å². The Bertz CT molecular complexity index is 1140. The highest BCUT2D eigenvalue weighted by molar-refractivity contribution is 5.81. The second-order valence-electron chi connectivity index (χ2n) is 6.88. The zero-order valence-electron chi connectivity index (χ0n) is 14.5. The van der Waals surface area contributed by atoms with Crippen LogP contribution in [0.25, 0.3) is 22.3 Å². The van der Waals surface area contributed by atoms with E-state index < -0.39 is 29.9 Å². The van der Waals surface area contributed by atoms with Gasteiger partial charge in [0.2, 0.25) is 0 Å². The summed E-state index contributed by atoms with van der Waals surface area (Å²) in [7, 11) is 0. The van der Waals surface area contributed by atoms with E-state index in [1.165, 1.54) is 18.3 Å². The molecule has 1 fully saturated rings. The van der Waals surface area contributed by atoms with Crippen LogP contribution in [0.2, 0.25) is 0 Å². The molecule has 1 saturated carbocycles. The number of aromatic nitrogens is 4. The van der Waals surface area contributed by atoms with E-state index in [1.54, 1.807) is 0 Å². The SMILES string of the molecule is N#CC1(c2cnc(-c3cc4cnn(CC(F)(F)C(F)(F)F)c4cn3)c(F)c2)CC1. The van der Waals surface area contributed by atoms with E-state index in [0.29, 0.717) is 23.1 Å². The quantitative estimate of drug-likeness (QED) is 0.598. The second-order valence-corrected chi connectivity index (χ2v) is 6.88. The summed E-state index contributed by atoms with van der Waals surface area (Å²) in [6.07, 6.45) is -0.958. The van der Waals surface area contributed by atoms with Crippen molar-refractivity contribution in [3.05, 3.63) is 42.1 Å². The van der Waals surface area contributed by atoms with Gasteiger partial charge in [-0.3, -0.25) is 14.6 Å². The van der Waals surface area contributed by atoms with Crippen LogP contribution in [0.5, 0.6) is 0 Å². The van der Waals surface area contributed by atoms with E-state index in [1.807, 2.05) is 0 Å². The van der Waals surface area contributed by atoms with Gasteiger partial charge in [-0.25, -0.2) is 4.39 Å². The molecule has 0 unspecified atom stereocenters. The Morgan fingerprint density at radius 2 is 1.79 bits per heavy atom. The van der Waals surface area contributed by atoms with Gasteiger partial charge in [-0.2, -0.15) is 32.3 Å². The molecule has 29 heavy (non-hydrogen) atoms. The summed E-state index contributed by atoms with van der Waals surface area (Å²) in [5, 5.41) is 13.0. The van der Waals surface area contributed by atoms with Gasteiger partial charge in [-0.05, 0) is 30.5 Å². The molecule has 5 nitrogen and oxygen atoms in total. The van der Waals surface area contributed by atoms with Crippen LogP contribution in [0.4, 0.5) is 26.3 Å². The minimum Gasteiger partial charge on any atom is -0.257 e. The number of fused-ring (bicyclic) bond motifs is 1. The molecule has 0 amide bonds. The first kappa shape index (κ1) is 19.2. The molecule has 0 atom stereocenters. The number of rotatable bonds is 4. The summed E-state index contributed by atoms with van der Waals surface area (Å²) in [6, 6.07) is 4.64. The fourth-order valence-corrected chi connectivity index (χ4v) is 2.99. The monoisotopic (exact) mass is 411 g/mol. The highest BCUT2D eigenvalue weighted by atomic mass is 19.4. The first-order chi connectivity index (χ1) is 13.6. The third-order valence-electron chi connectivity index (χ3n) is 4.89. The Hall–Kier alpha value is -3.16. The summed E-state index contributed by atoms with van der Waals surface area (Å²) in [5.41, 5.74) is -0.377. The number of nitrogens with zero attached hydrogens (tertiary/aromatic N) is 5. The molecule has 3 aromatic rings. The van der Waals surface area contributed by atoms with Crippen molar-refractivity contribution in [3.63, 3.8) is 0 Å². The van der Waals surface area contributed by atoms with Crippen molar-refractivity contribution in [1.82, 2.24) is 19.7 Å². The molecule has 150 valence electrons. The number of alkyl halides is 5. The van der Waals surface area contributed by atoms with Gasteiger partial charge >= 0.3 is 12.1 Å². The predicted molar refractivity (Wildman–Crippen MR) is 88.2 cm³/mol. The fourth-order valence-electron chi connectivity index (χ4n) is 2.99. The lowest BCUT2D eigenvalue weighted by Crippen LogP contribution is -2.40. The summed E-state index contributed by atoms with van der Waals surface area (Å²) in [6.45, 7) is -1.70. The summed E-state index contributed by atoms with van der Waals surface area (Å²) in [5.74, 6) is -5.68. The maximum Gasteiger partial charge on any atom is 0.455 e. The van der Waals surface area contributed by atoms with E-state index in [9.17, 15) is 31.6 Å². The van der Waals surface area contributed by atoms with Crippen LogP contribution in [-0.2, 0) is 12.0 Å². The fraction of sp³-hybridized carbons (Fsp3) is 0.333. The standard InChI is InChI=1S/C18H11F6N5/c19-12-4-11(16(8-25)1-2-16)6-27-15(12)13-3-10-5-28-29(14(10)7-26-13)9-17(20,21)18(22,23)24/h3-7H,1-2,9H2. The van der Waals surface area contributed by atoms with E-state index >= 15 is 0 Å². The summed E-state index contributed by atoms with van der Waals surface area (Å²) < 4.78 is 78.9. The zero-order valence-corrected chi connectivity index (χ0v) is 14.5. The molecule has 0 spiro atoms. The van der Waals surface area contributed by atoms with Gasteiger partial charge in [0, 0.05) is 11.6 Å². The van der Waals surface area contributed by atoms with E-state index in [2.05, 4.69) is 21.1 Å². The van der Waals surface area contributed by atoms with Crippen molar-refractivity contribution < 1.29 is 26.3 Å². The van der Waals surface area contributed by atoms with Gasteiger partial charge in [-0.1, -0.05) is 0 Å². The van der Waals surface area contributed by atoms with Crippen molar-refractivity contribution in [2.24, 2.45) is 0 Å². The molecular weight excluding hydrogens is 400 g/mol. The lowest BCUT2D eigenvalue weighted by molar-refractivity contribution is -0.287. The Kier molecular flexibility index (Phi) is 4.08. The smallest absolute Gasteiger partial charge is 0.257 e. The molecule has 1 aliphatic carbocycles. The van der Waals surface area contributed by atoms with Gasteiger partial charge < -0.3 is 0 Å². The minimum absolute atomic E-state index is 0.0592. The predicted octanol–water partition coefficient (Wildman–Crippen LogP) is 4.39. The Morgan fingerprint density at radius 3 is 2.38 bits per heavy atom. The molecule has 3 heterocycles. The van der Waals surface area contributed by atoms with Gasteiger partial charge in [0.05, 0.1) is 35.1 Å². The number of hydrogen-bond donors (Lipinski definition) is 0. The summed E-state index contributed by atoms with van der Waals surface area (Å²) >= 11 is 0. The topological polar surface area (TPSA) is 67.4 Å². The first-order valence-electron chi connectivity index (χ1n) is 8.40. The number of hydrogen-bond acceptors (Lipinski definition) is 4. The molecule has 0 saturated heterocycles. The Morgan fingerprint density at radius 1 is 1.07 bits per heavy atom. The maximum atomic E-state index is 14.5. The van der Waals surface area contributed by atoms with Crippen molar-refractivity contribution >= 4 is 10.9 Å². The van der Waals surface area contributed by atoms with Crippen LogP contribution in [0.15, 0.2) is 30.7 Å². The molecule has 4 rings (SSSR count). The van der Waals surface area contributed by atoms with Crippen LogP contribution in [0.1, 0.15) is 18.4 Å². The highest BCUT2D eigenvalue weighted by Gasteiger charge is 2.57. The van der Waals surface area contributed by atoms with Crippen molar-refractivity contribution in [2.45, 2.75) is 36.9 Å². The van der Waals surface area contributed by atoms with Crippen LogP contribution in [0.3, 0.4) is 0 Å². The first-order valence-corrected chi connectivity index (χ1v) is 8.40. The molecule has 0 bridgehead atoms. The van der Waals surface area contributed by atoms with Crippen molar-refractivity contribution in [3.8, 4) is 17.5 Å². The largest absolute Gasteiger partial charge is 0.455 e. The number of halogens is 6. The lowest BCUT2D eigenvalue weighted by Gasteiger charge is -2.19. The van der Waals surface area contributed by atoms with Crippen LogP contribution in [0, 0.1) is 17.1 Å². The zero-order chi connectivity index (χ0) is 21.0. The number of nitriles is 1. The van der Waals surface area contributed by atoms with Gasteiger partial charge in [0.15, 0.2) is 5.82 Å². The third kappa shape index (κ3) is 3.18. The minimum atomic E-state index is -5.71. The molecule has 0 aromatic carbocycles. The Balaban J connectivity index is 1.67. The van der Waals surface area contributed by atoms with E-state index in [0.717, 1.165) is 12.4 Å². The average molecular weight is 411 g/mol. The molecule has 3 aromatic heterocycles. The maximum absolute atomic E-state index is 14.5. The second kappa shape index (κ2) is 6.17. The normalized spacial score (nSPS) is 16.0. The number of pyridine rings is 2. The van der Waals surface area contributed by atoms with E-state index in [-0.39, 0.29) is 22.3 Å². The van der Waals surface area contributed by atoms with Gasteiger partial charge in [0.25, 0.3) is 0 Å². The van der Waals surface area contributed by atoms with Crippen LogP contribution >= 0.6 is 0 Å². The molecule has 1 aliphatic rings. The van der Waals surface area contributed by atoms with Gasteiger partial charge in [0.1, 0.15) is 12.2 Å². The highest BCUT2D eigenvalue weighted by Crippen LogP contribution is 2.47.